The number of ether oxygens (including phenoxy) is 1. The molecule has 1 saturated carbocycles. The lowest BCUT2D eigenvalue weighted by Gasteiger charge is -2.29. The third-order valence-corrected chi connectivity index (χ3v) is 9.52. The summed E-state index contributed by atoms with van der Waals surface area (Å²) in [4.78, 5) is 19.6. The fraction of sp³-hybridized carbons (Fsp3) is 0.250. The molecule has 1 amide bonds. The maximum absolute atomic E-state index is 14.0. The quantitative estimate of drug-likeness (QED) is 0.314. The second kappa shape index (κ2) is 11.0. The van der Waals surface area contributed by atoms with Gasteiger partial charge in [-0.15, -0.1) is 0 Å². The second-order valence-electron chi connectivity index (χ2n) is 10.6. The van der Waals surface area contributed by atoms with Gasteiger partial charge < -0.3 is 15.0 Å². The second-order valence-corrected chi connectivity index (χ2v) is 12.5. The van der Waals surface area contributed by atoms with Crippen LogP contribution in [0.4, 0.5) is 5.69 Å². The molecule has 0 spiro atoms. The molecule has 0 unspecified atom stereocenters. The van der Waals surface area contributed by atoms with Crippen LogP contribution in [0, 0.1) is 0 Å². The summed E-state index contributed by atoms with van der Waals surface area (Å²) in [5.74, 6) is 0.527. The Morgan fingerprint density at radius 1 is 0.976 bits per heavy atom. The Labute approximate surface area is 240 Å². The van der Waals surface area contributed by atoms with Crippen molar-refractivity contribution in [3.8, 4) is 5.75 Å². The number of anilines is 1. The van der Waals surface area contributed by atoms with E-state index in [-0.39, 0.29) is 29.4 Å². The van der Waals surface area contributed by atoms with Crippen molar-refractivity contribution in [3.63, 3.8) is 0 Å². The lowest BCUT2D eigenvalue weighted by molar-refractivity contribution is 0.0930. The lowest BCUT2D eigenvalue weighted by Crippen LogP contribution is -2.34. The number of nitrogens with one attached hydrogen (secondary N) is 1. The predicted octanol–water partition coefficient (Wildman–Crippen LogP) is 4.72. The van der Waals surface area contributed by atoms with Crippen molar-refractivity contribution in [2.24, 2.45) is 0 Å². The number of fused-ring (bicyclic) bond motifs is 1. The Hall–Kier alpha value is -4.21. The van der Waals surface area contributed by atoms with Crippen molar-refractivity contribution >= 4 is 21.6 Å². The number of benzene rings is 3. The molecule has 3 aromatic carbocycles. The van der Waals surface area contributed by atoms with Gasteiger partial charge in [0.2, 0.25) is 10.0 Å². The van der Waals surface area contributed by atoms with Crippen molar-refractivity contribution in [3.05, 3.63) is 120 Å². The van der Waals surface area contributed by atoms with Gasteiger partial charge in [-0.05, 0) is 66.4 Å². The van der Waals surface area contributed by atoms with Crippen LogP contribution in [0.1, 0.15) is 40.0 Å². The molecule has 2 heterocycles. The van der Waals surface area contributed by atoms with Crippen molar-refractivity contribution in [1.29, 1.82) is 0 Å². The Balaban J connectivity index is 1.23. The summed E-state index contributed by atoms with van der Waals surface area (Å²) in [6, 6.07) is 27.6. The minimum absolute atomic E-state index is 0.106. The van der Waals surface area contributed by atoms with Gasteiger partial charge in [0, 0.05) is 25.4 Å². The number of rotatable bonds is 9. The van der Waals surface area contributed by atoms with E-state index in [2.05, 4.69) is 10.3 Å². The zero-order valence-electron chi connectivity index (χ0n) is 22.9. The first kappa shape index (κ1) is 27.0. The number of aromatic nitrogens is 1. The average Bonchev–Trinajstić information content (AvgIpc) is 3.78. The number of nitrogens with zero attached hydrogens (tertiary/aromatic N) is 3. The number of hydrogen-bond acceptors (Lipinski definition) is 6. The number of likely N-dealkylation sites (N-methyl/N-ethyl adjacent to an activating group) is 1. The summed E-state index contributed by atoms with van der Waals surface area (Å²) in [6.45, 7) is 1.47. The van der Waals surface area contributed by atoms with Crippen LogP contribution in [-0.2, 0) is 28.7 Å². The van der Waals surface area contributed by atoms with Gasteiger partial charge in [0.1, 0.15) is 12.4 Å². The van der Waals surface area contributed by atoms with E-state index >= 15 is 0 Å². The highest BCUT2D eigenvalue weighted by molar-refractivity contribution is 7.89. The van der Waals surface area contributed by atoms with Crippen LogP contribution in [0.25, 0.3) is 0 Å². The van der Waals surface area contributed by atoms with Crippen LogP contribution in [-0.4, -0.2) is 43.8 Å². The van der Waals surface area contributed by atoms with Gasteiger partial charge in [-0.1, -0.05) is 48.5 Å². The summed E-state index contributed by atoms with van der Waals surface area (Å²) < 4.78 is 35.1. The Morgan fingerprint density at radius 2 is 1.73 bits per heavy atom. The smallest absolute Gasteiger partial charge is 0.251 e. The largest absolute Gasteiger partial charge is 0.490 e. The van der Waals surface area contributed by atoms with Gasteiger partial charge in [-0.25, -0.2) is 8.42 Å². The predicted molar refractivity (Wildman–Crippen MR) is 157 cm³/mol. The van der Waals surface area contributed by atoms with Crippen LogP contribution in [0.5, 0.6) is 5.75 Å². The van der Waals surface area contributed by atoms with E-state index in [0.29, 0.717) is 30.2 Å². The molecular formula is C32H32N4O4S. The first-order valence-corrected chi connectivity index (χ1v) is 15.1. The highest BCUT2D eigenvalue weighted by Gasteiger charge is 2.45. The SMILES string of the molecule is CN1CCOc2ccc(S(=O)(=O)N(Cc3ccc(C(=O)NC4(c5ccccc5)CC4)cc3)Cc3ccccn3)cc21. The molecule has 1 aromatic heterocycles. The van der Waals surface area contributed by atoms with Gasteiger partial charge in [-0.3, -0.25) is 9.78 Å². The van der Waals surface area contributed by atoms with Gasteiger partial charge in [0.05, 0.1) is 34.9 Å². The van der Waals surface area contributed by atoms with E-state index in [1.165, 1.54) is 4.31 Å². The normalized spacial score (nSPS) is 15.6. The van der Waals surface area contributed by atoms with Crippen molar-refractivity contribution in [2.75, 3.05) is 25.1 Å². The summed E-state index contributed by atoms with van der Waals surface area (Å²) in [5, 5.41) is 3.20. The molecule has 210 valence electrons. The molecule has 0 bridgehead atoms. The van der Waals surface area contributed by atoms with Crippen LogP contribution < -0.4 is 15.0 Å². The number of amides is 1. The summed E-state index contributed by atoms with van der Waals surface area (Å²) in [5.41, 5.74) is 3.49. The number of sulfonamides is 1. The minimum Gasteiger partial charge on any atom is -0.490 e. The highest BCUT2D eigenvalue weighted by Crippen LogP contribution is 2.45. The molecule has 9 heteroatoms. The average molecular weight is 569 g/mol. The summed E-state index contributed by atoms with van der Waals surface area (Å²) in [6.07, 6.45) is 3.47. The molecule has 1 N–H and O–H groups in total. The maximum atomic E-state index is 14.0. The van der Waals surface area contributed by atoms with Gasteiger partial charge in [0.15, 0.2) is 0 Å². The van der Waals surface area contributed by atoms with Gasteiger partial charge in [-0.2, -0.15) is 4.31 Å². The lowest BCUT2D eigenvalue weighted by atomic mass is 10.0. The maximum Gasteiger partial charge on any atom is 0.251 e. The molecule has 0 saturated heterocycles. The van der Waals surface area contributed by atoms with E-state index in [9.17, 15) is 13.2 Å². The molecule has 2 aliphatic rings. The van der Waals surface area contributed by atoms with Crippen LogP contribution >= 0.6 is 0 Å². The number of pyridine rings is 1. The van der Waals surface area contributed by atoms with Crippen molar-refractivity contribution in [2.45, 2.75) is 36.4 Å². The third-order valence-electron chi connectivity index (χ3n) is 7.73. The fourth-order valence-corrected chi connectivity index (χ4v) is 6.58. The molecule has 4 aromatic rings. The van der Waals surface area contributed by atoms with E-state index in [1.807, 2.05) is 66.5 Å². The summed E-state index contributed by atoms with van der Waals surface area (Å²) in [7, 11) is -1.97. The number of hydrogen-bond donors (Lipinski definition) is 1. The zero-order chi connectivity index (χ0) is 28.5. The Morgan fingerprint density at radius 3 is 2.44 bits per heavy atom. The van der Waals surface area contributed by atoms with E-state index < -0.39 is 10.0 Å². The molecular weight excluding hydrogens is 536 g/mol. The zero-order valence-corrected chi connectivity index (χ0v) is 23.7. The molecule has 0 atom stereocenters. The Bertz CT molecular complexity index is 1640. The van der Waals surface area contributed by atoms with Crippen molar-refractivity contribution < 1.29 is 17.9 Å². The molecule has 0 radical (unpaired) electrons. The Kier molecular flexibility index (Phi) is 7.23. The molecule has 1 fully saturated rings. The fourth-order valence-electron chi connectivity index (χ4n) is 5.16. The van der Waals surface area contributed by atoms with E-state index in [4.69, 9.17) is 4.74 Å². The van der Waals surface area contributed by atoms with Crippen molar-refractivity contribution in [1.82, 2.24) is 14.6 Å². The standard InChI is InChI=1S/C32H32N4O4S/c1-35-19-20-40-30-15-14-28(21-29(30)35)41(38,39)36(23-27-9-5-6-18-33-27)22-24-10-12-25(13-11-24)31(37)34-32(16-17-32)26-7-3-2-4-8-26/h2-15,18,21H,16-17,19-20,22-23H2,1H3,(H,34,37). The van der Waals surface area contributed by atoms with E-state index in [1.54, 1.807) is 42.6 Å². The van der Waals surface area contributed by atoms with Crippen LogP contribution in [0.2, 0.25) is 0 Å². The number of carbonyl (C=O) groups excluding carboxylic acids is 1. The van der Waals surface area contributed by atoms with Gasteiger partial charge in [0.25, 0.3) is 5.91 Å². The topological polar surface area (TPSA) is 91.8 Å². The first-order valence-electron chi connectivity index (χ1n) is 13.7. The third kappa shape index (κ3) is 5.68. The van der Waals surface area contributed by atoms with Gasteiger partial charge >= 0.3 is 0 Å². The van der Waals surface area contributed by atoms with Crippen LogP contribution in [0.3, 0.4) is 0 Å². The van der Waals surface area contributed by atoms with E-state index in [0.717, 1.165) is 29.7 Å². The minimum atomic E-state index is -3.90. The first-order chi connectivity index (χ1) is 19.8. The highest BCUT2D eigenvalue weighted by atomic mass is 32.2. The molecule has 1 aliphatic heterocycles. The molecule has 6 rings (SSSR count). The summed E-state index contributed by atoms with van der Waals surface area (Å²) >= 11 is 0. The molecule has 41 heavy (non-hydrogen) atoms. The molecule has 8 nitrogen and oxygen atoms in total. The number of carbonyl (C=O) groups is 1. The molecule has 1 aliphatic carbocycles. The monoisotopic (exact) mass is 568 g/mol. The van der Waals surface area contributed by atoms with Crippen LogP contribution in [0.15, 0.2) is 102 Å².